The van der Waals surface area contributed by atoms with E-state index in [1.54, 1.807) is 24.3 Å². The molecule has 0 spiro atoms. The van der Waals surface area contributed by atoms with Gasteiger partial charge in [-0.3, -0.25) is 0 Å². The Hall–Kier alpha value is -20.3. The Morgan fingerprint density at radius 2 is 0.336 bits per heavy atom. The maximum atomic E-state index is 5.64. The molecule has 0 radical (unpaired) electrons. The van der Waals surface area contributed by atoms with E-state index in [1.807, 2.05) is 322 Å². The van der Waals surface area contributed by atoms with Crippen molar-refractivity contribution in [3.63, 3.8) is 0 Å². The Balaban J connectivity index is 0.000000173. The first kappa shape index (κ1) is 94.5. The molecule has 131 heavy (non-hydrogen) atoms. The predicted molar refractivity (Wildman–Crippen MR) is 548 cm³/mol. The summed E-state index contributed by atoms with van der Waals surface area (Å²) in [5.41, 5.74) is 25.1. The highest BCUT2D eigenvalue weighted by atomic mass is 16.5. The lowest BCUT2D eigenvalue weighted by atomic mass is 9.94. The second-order valence-electron chi connectivity index (χ2n) is 27.5. The molecule has 0 aliphatic heterocycles. The van der Waals surface area contributed by atoms with Crippen molar-refractivity contribution in [2.75, 3.05) is 0 Å². The summed E-state index contributed by atoms with van der Waals surface area (Å²) in [5.74, 6) is 59.3. The Kier molecular flexibility index (Phi) is 37.6. The van der Waals surface area contributed by atoms with E-state index in [2.05, 4.69) is 161 Å². The fourth-order valence-electron chi connectivity index (χ4n) is 12.0. The summed E-state index contributed by atoms with van der Waals surface area (Å²) < 4.78 is 5.64. The molecule has 16 aromatic carbocycles. The SMILES string of the molecule is C#Cc1cc(C#C)cc(C#C)c1.C#Cc1ccc(-c2ccc(C#C)cc2)cc1.C#Cc1ccc(-c2ccccc2-c2ccc(C#C)cc2)cc1.C#Cc1ccc(C#C)cc1.C#Cc1ccc(Oc2ccc(C#C)cc2)cc1.C#Cc1cccc(C#C)c1.C#Cc1cccc2c(C#C)cccc12.C(#Cc1cc(C#Cc2ccccc2)cc(C#Cc2ccccc2)c1)c1ccccc1. The van der Waals surface area contributed by atoms with Crippen LogP contribution in [0.15, 0.2) is 382 Å². The third kappa shape index (κ3) is 30.6. The summed E-state index contributed by atoms with van der Waals surface area (Å²) in [7, 11) is 0. The van der Waals surface area contributed by atoms with Gasteiger partial charge in [0.25, 0.3) is 0 Å². The van der Waals surface area contributed by atoms with Crippen molar-refractivity contribution in [1.82, 2.24) is 0 Å². The average molecular weight is 1660 g/mol. The topological polar surface area (TPSA) is 9.23 Å². The van der Waals surface area contributed by atoms with Crippen molar-refractivity contribution in [3.05, 3.63) is 499 Å². The second kappa shape index (κ2) is 52.1. The quantitative estimate of drug-likeness (QED) is 0.156. The largest absolute Gasteiger partial charge is 0.457 e. The van der Waals surface area contributed by atoms with Crippen molar-refractivity contribution < 1.29 is 4.74 Å². The zero-order valence-electron chi connectivity index (χ0n) is 71.4. The van der Waals surface area contributed by atoms with Crippen molar-refractivity contribution in [3.8, 4) is 266 Å². The molecule has 0 unspecified atom stereocenters. The van der Waals surface area contributed by atoms with Crippen LogP contribution >= 0.6 is 0 Å². The highest BCUT2D eigenvalue weighted by Crippen LogP contribution is 2.33. The van der Waals surface area contributed by atoms with E-state index >= 15 is 0 Å². The molecule has 1 heteroatoms. The minimum atomic E-state index is 0.721. The van der Waals surface area contributed by atoms with Gasteiger partial charge in [-0.05, 0) is 269 Å². The molecule has 0 atom stereocenters. The van der Waals surface area contributed by atoms with E-state index in [1.165, 1.54) is 11.1 Å². The summed E-state index contributed by atoms with van der Waals surface area (Å²) >= 11 is 0. The van der Waals surface area contributed by atoms with E-state index in [-0.39, 0.29) is 0 Å². The van der Waals surface area contributed by atoms with Gasteiger partial charge in [0.05, 0.1) is 0 Å². The van der Waals surface area contributed by atoms with E-state index in [9.17, 15) is 0 Å². The van der Waals surface area contributed by atoms with Gasteiger partial charge in [-0.2, -0.15) is 0 Å². The summed E-state index contributed by atoms with van der Waals surface area (Å²) in [4.78, 5) is 0. The van der Waals surface area contributed by atoms with Crippen molar-refractivity contribution >= 4 is 10.8 Å². The normalized spacial score (nSPS) is 8.92. The first-order valence-corrected chi connectivity index (χ1v) is 40.3. The van der Waals surface area contributed by atoms with Crippen molar-refractivity contribution in [2.45, 2.75) is 0 Å². The number of terminal acetylenes is 15. The third-order valence-corrected chi connectivity index (χ3v) is 18.8. The summed E-state index contributed by atoms with van der Waals surface area (Å²) in [5, 5.41) is 2.09. The van der Waals surface area contributed by atoms with Crippen LogP contribution in [0, 0.1) is 221 Å². The third-order valence-electron chi connectivity index (χ3n) is 18.8. The molecular formula is C130H78O. The molecular weight excluding hydrogens is 1580 g/mol. The van der Waals surface area contributed by atoms with Gasteiger partial charge < -0.3 is 4.74 Å². The highest BCUT2D eigenvalue weighted by Gasteiger charge is 2.09. The molecule has 0 aromatic heterocycles. The standard InChI is InChI=1S/C30H18.C22H14.C16H10O.C16H10.C14H8.C12H6.2C10H6/c1-4-10-25(11-5-1)16-19-28-22-29(20-17-26-12-6-2-7-13-26)24-30(23-28)21-18-27-14-8-3-9-15-27;1-3-17-9-13-19(14-10-17)21-7-5-6-8-22(21)20-15-11-18(4-2)12-16-20;1-3-13-5-9-15(10-6-13)17-16-11-7-14(4-2)8-12-16;1-3-13-5-9-15(10-6-13)16-11-7-14(4-2)8-12-16;1-3-11-7-5-10-14-12(4-2)8-6-9-13(11)14;1-4-10-7-11(5-2)9-12(6-3)8-10;1-3-9-5-7-10(4-2)8-6-9;1-3-9-6-5-7-10(4-2)8-9/h1-15,22-24H;1-2,5-16H;1-2,5-12H;1-2,5-12H;1-2,5-10H;1-3,7-9H;2*1-2,5-8H. The molecule has 604 valence electrons. The minimum Gasteiger partial charge on any atom is -0.457 e. The van der Waals surface area contributed by atoms with Crippen LogP contribution in [-0.4, -0.2) is 0 Å². The summed E-state index contributed by atoms with van der Waals surface area (Å²) in [6, 6.07) is 122. The summed E-state index contributed by atoms with van der Waals surface area (Å²) in [6.45, 7) is 0. The molecule has 0 saturated carbocycles. The van der Waals surface area contributed by atoms with Gasteiger partial charge >= 0.3 is 0 Å². The molecule has 16 rings (SSSR count). The van der Waals surface area contributed by atoms with E-state index < -0.39 is 0 Å². The molecule has 0 aliphatic carbocycles. The molecule has 16 aromatic rings. The monoisotopic (exact) mass is 1650 g/mol. The molecule has 0 aliphatic rings. The molecule has 1 nitrogen and oxygen atoms in total. The van der Waals surface area contributed by atoms with Gasteiger partial charge in [-0.25, -0.2) is 0 Å². The molecule has 0 heterocycles. The van der Waals surface area contributed by atoms with Gasteiger partial charge in [0.2, 0.25) is 0 Å². The fraction of sp³-hybridized carbons (Fsp3) is 0. The Morgan fingerprint density at radius 3 is 0.588 bits per heavy atom. The number of benzene rings is 16. The molecule has 0 amide bonds. The second-order valence-corrected chi connectivity index (χ2v) is 27.5. The number of fused-ring (bicyclic) bond motifs is 1. The van der Waals surface area contributed by atoms with E-state index in [4.69, 9.17) is 101 Å². The maximum absolute atomic E-state index is 5.64. The summed E-state index contributed by atoms with van der Waals surface area (Å²) in [6.07, 6.45) is 79.0. The van der Waals surface area contributed by atoms with E-state index in [0.717, 1.165) is 161 Å². The first-order chi connectivity index (χ1) is 64.2. The maximum Gasteiger partial charge on any atom is 0.127 e. The highest BCUT2D eigenvalue weighted by molar-refractivity contribution is 5.92. The Bertz CT molecular complexity index is 7000. The predicted octanol–water partition coefficient (Wildman–Crippen LogP) is 25.4. The zero-order chi connectivity index (χ0) is 93.0. The van der Waals surface area contributed by atoms with Crippen LogP contribution in [0.2, 0.25) is 0 Å². The van der Waals surface area contributed by atoms with Crippen LogP contribution in [0.25, 0.3) is 44.2 Å². The van der Waals surface area contributed by atoms with Crippen molar-refractivity contribution in [1.29, 1.82) is 0 Å². The van der Waals surface area contributed by atoms with Gasteiger partial charge in [0, 0.05) is 117 Å². The molecule has 0 fully saturated rings. The van der Waals surface area contributed by atoms with E-state index in [0.29, 0.717) is 0 Å². The van der Waals surface area contributed by atoms with Crippen molar-refractivity contribution in [2.24, 2.45) is 0 Å². The lowest BCUT2D eigenvalue weighted by Gasteiger charge is -2.10. The van der Waals surface area contributed by atoms with Crippen LogP contribution in [0.4, 0.5) is 0 Å². The Labute approximate surface area is 774 Å². The lowest BCUT2D eigenvalue weighted by Crippen LogP contribution is -1.86. The van der Waals surface area contributed by atoms with Gasteiger partial charge in [-0.15, -0.1) is 96.4 Å². The van der Waals surface area contributed by atoms with Gasteiger partial charge in [-0.1, -0.05) is 282 Å². The molecule has 0 bridgehead atoms. The number of rotatable bonds is 5. The first-order valence-electron chi connectivity index (χ1n) is 40.3. The van der Waals surface area contributed by atoms with Gasteiger partial charge in [0.15, 0.2) is 0 Å². The van der Waals surface area contributed by atoms with Crippen LogP contribution in [0.1, 0.15) is 117 Å². The molecule has 0 saturated heterocycles. The minimum absolute atomic E-state index is 0.721. The molecule has 0 N–H and O–H groups in total. The van der Waals surface area contributed by atoms with Crippen LogP contribution < -0.4 is 4.74 Å². The zero-order valence-corrected chi connectivity index (χ0v) is 71.4. The van der Waals surface area contributed by atoms with Crippen LogP contribution in [0.3, 0.4) is 0 Å². The average Bonchev–Trinajstić information content (AvgIpc) is 0.811. The van der Waals surface area contributed by atoms with Gasteiger partial charge in [0.1, 0.15) is 11.5 Å². The van der Waals surface area contributed by atoms with Crippen LogP contribution in [0.5, 0.6) is 11.5 Å². The fourth-order valence-corrected chi connectivity index (χ4v) is 12.0. The number of hydrogen-bond acceptors (Lipinski definition) is 1. The van der Waals surface area contributed by atoms with Crippen LogP contribution in [-0.2, 0) is 0 Å². The Morgan fingerprint density at radius 1 is 0.137 bits per heavy atom. The lowest BCUT2D eigenvalue weighted by molar-refractivity contribution is 0.482. The number of hydrogen-bond donors (Lipinski definition) is 0. The smallest absolute Gasteiger partial charge is 0.127 e. The number of ether oxygens (including phenoxy) is 1.